The Balaban J connectivity index is 0.000000177. The molecule has 0 radical (unpaired) electrons. The maximum atomic E-state index is 11.3. The van der Waals surface area contributed by atoms with Crippen molar-refractivity contribution in [2.75, 3.05) is 29.9 Å². The lowest BCUT2D eigenvalue weighted by Gasteiger charge is -2.32. The number of fused-ring (bicyclic) bond motifs is 2. The van der Waals surface area contributed by atoms with Crippen molar-refractivity contribution in [1.29, 1.82) is 0 Å². The van der Waals surface area contributed by atoms with E-state index in [1.54, 1.807) is 30.4 Å². The van der Waals surface area contributed by atoms with Crippen LogP contribution in [0.15, 0.2) is 9.79 Å². The molecule has 0 bridgehead atoms. The molecule has 12 heteroatoms. The van der Waals surface area contributed by atoms with Crippen LogP contribution in [0.1, 0.15) is 31.2 Å². The van der Waals surface area contributed by atoms with E-state index in [0.717, 1.165) is 77.3 Å². The molecule has 31 heavy (non-hydrogen) atoms. The Morgan fingerprint density at radius 3 is 2.16 bits per heavy atom. The predicted molar refractivity (Wildman–Crippen MR) is 127 cm³/mol. The van der Waals surface area contributed by atoms with Gasteiger partial charge in [-0.15, -0.1) is 23.5 Å². The van der Waals surface area contributed by atoms with Gasteiger partial charge in [-0.3, -0.25) is 4.79 Å². The molecule has 5 rings (SSSR count). The van der Waals surface area contributed by atoms with Gasteiger partial charge in [0.2, 0.25) is 16.5 Å². The summed E-state index contributed by atoms with van der Waals surface area (Å²) >= 11 is 20.9. The molecule has 1 N–H and O–H groups in total. The molecule has 3 aliphatic heterocycles. The van der Waals surface area contributed by atoms with Gasteiger partial charge in [-0.25, -0.2) is 15.0 Å². The number of amides is 1. The van der Waals surface area contributed by atoms with Gasteiger partial charge in [0.25, 0.3) is 0 Å². The van der Waals surface area contributed by atoms with Crippen LogP contribution in [0, 0.1) is 0 Å². The number of likely N-dealkylation sites (tertiary alicyclic amines) is 1. The third-order valence-corrected chi connectivity index (χ3v) is 8.20. The molecule has 1 saturated heterocycles. The van der Waals surface area contributed by atoms with Crippen molar-refractivity contribution in [2.24, 2.45) is 0 Å². The van der Waals surface area contributed by atoms with E-state index >= 15 is 0 Å². The van der Waals surface area contributed by atoms with Gasteiger partial charge in [0.05, 0.1) is 21.2 Å². The Morgan fingerprint density at radius 1 is 0.935 bits per heavy atom. The molecular weight excluding hydrogens is 499 g/mol. The van der Waals surface area contributed by atoms with Crippen LogP contribution in [0.2, 0.25) is 15.7 Å². The molecule has 166 valence electrons. The van der Waals surface area contributed by atoms with E-state index in [-0.39, 0.29) is 11.2 Å². The van der Waals surface area contributed by atoms with Crippen LogP contribution in [0.25, 0.3) is 0 Å². The minimum atomic E-state index is 0.157. The molecule has 0 atom stereocenters. The maximum Gasteiger partial charge on any atom is 0.224 e. The quantitative estimate of drug-likeness (QED) is 0.454. The Labute approximate surface area is 204 Å². The average Bonchev–Trinajstić information content (AvgIpc) is 3.38. The number of carbonyl (C=O) groups excluding carboxylic acids is 1. The molecule has 7 nitrogen and oxygen atoms in total. The number of thioether (sulfide) groups is 2. The molecule has 3 aliphatic rings. The fourth-order valence-corrected chi connectivity index (χ4v) is 6.47. The molecule has 0 aromatic carbocycles. The predicted octanol–water partition coefficient (Wildman–Crippen LogP) is 4.63. The van der Waals surface area contributed by atoms with Crippen molar-refractivity contribution in [2.45, 2.75) is 48.4 Å². The summed E-state index contributed by atoms with van der Waals surface area (Å²) in [5.74, 6) is 3.10. The third kappa shape index (κ3) is 5.68. The molecule has 0 spiro atoms. The highest BCUT2D eigenvalue weighted by Gasteiger charge is 2.25. The first-order valence-electron chi connectivity index (χ1n) is 9.96. The Hall–Kier alpha value is -1.000. The van der Waals surface area contributed by atoms with Crippen LogP contribution in [0.5, 0.6) is 0 Å². The van der Waals surface area contributed by atoms with E-state index in [9.17, 15) is 4.79 Å². The fraction of sp³-hybridized carbons (Fsp3) is 0.526. The lowest BCUT2D eigenvalue weighted by molar-refractivity contribution is -0.129. The number of aromatic nitrogens is 4. The summed E-state index contributed by atoms with van der Waals surface area (Å²) in [6, 6.07) is 0.349. The number of halogens is 3. The Bertz CT molecular complexity index is 988. The average molecular weight is 520 g/mol. The second-order valence-corrected chi connectivity index (χ2v) is 10.5. The topological polar surface area (TPSA) is 83.9 Å². The first kappa shape index (κ1) is 23.2. The SMILES string of the molecule is CC(=O)N1CCC(Nc2nc(Cl)nc3c2SCC3)CC1.Clc1nc(Cl)c2c(n1)CCS2. The first-order valence-corrected chi connectivity index (χ1v) is 13.1. The van der Waals surface area contributed by atoms with E-state index < -0.39 is 0 Å². The van der Waals surface area contributed by atoms with Crippen molar-refractivity contribution >= 4 is 70.1 Å². The summed E-state index contributed by atoms with van der Waals surface area (Å²) in [7, 11) is 0. The van der Waals surface area contributed by atoms with Crippen LogP contribution in [0.4, 0.5) is 5.82 Å². The van der Waals surface area contributed by atoms with Crippen LogP contribution >= 0.6 is 58.3 Å². The zero-order valence-electron chi connectivity index (χ0n) is 16.8. The Kier molecular flexibility index (Phi) is 7.69. The van der Waals surface area contributed by atoms with Gasteiger partial charge in [-0.05, 0) is 36.0 Å². The lowest BCUT2D eigenvalue weighted by Crippen LogP contribution is -2.41. The molecule has 2 aromatic heterocycles. The van der Waals surface area contributed by atoms with E-state index in [1.165, 1.54) is 0 Å². The van der Waals surface area contributed by atoms with E-state index in [2.05, 4.69) is 25.3 Å². The molecule has 0 saturated carbocycles. The number of hydrogen-bond donors (Lipinski definition) is 1. The standard InChI is InChI=1S/C13H17ClN4OS.C6H4Cl2N2S/c1-8(19)18-5-2-9(3-6-18)15-12-11-10(4-7-20-11)16-13(14)17-12;7-5-4-3(1-2-11-4)9-6(8)10-5/h9H,2-7H2,1H3,(H,15,16,17);1-2H2. The van der Waals surface area contributed by atoms with Crippen LogP contribution in [-0.2, 0) is 17.6 Å². The third-order valence-electron chi connectivity index (χ3n) is 5.23. The number of piperidine rings is 1. The summed E-state index contributed by atoms with van der Waals surface area (Å²) in [5.41, 5.74) is 2.04. The number of hydrogen-bond acceptors (Lipinski definition) is 8. The van der Waals surface area contributed by atoms with E-state index in [0.29, 0.717) is 16.5 Å². The second-order valence-electron chi connectivity index (χ2n) is 7.30. The highest BCUT2D eigenvalue weighted by molar-refractivity contribution is 8.00. The smallest absolute Gasteiger partial charge is 0.224 e. The summed E-state index contributed by atoms with van der Waals surface area (Å²) < 4.78 is 0. The number of aryl methyl sites for hydroxylation is 2. The summed E-state index contributed by atoms with van der Waals surface area (Å²) in [5, 5.41) is 4.54. The Morgan fingerprint density at radius 2 is 1.52 bits per heavy atom. The molecular formula is C19H21Cl3N6OS2. The van der Waals surface area contributed by atoms with Gasteiger partial charge < -0.3 is 10.2 Å². The minimum absolute atomic E-state index is 0.157. The van der Waals surface area contributed by atoms with Gasteiger partial charge in [-0.1, -0.05) is 11.6 Å². The molecule has 5 heterocycles. The number of nitrogens with zero attached hydrogens (tertiary/aromatic N) is 5. The zero-order chi connectivity index (χ0) is 22.0. The maximum absolute atomic E-state index is 11.3. The van der Waals surface area contributed by atoms with Crippen molar-refractivity contribution in [3.05, 3.63) is 27.1 Å². The zero-order valence-corrected chi connectivity index (χ0v) is 20.7. The fourth-order valence-electron chi connectivity index (χ4n) is 3.67. The first-order chi connectivity index (χ1) is 14.9. The van der Waals surface area contributed by atoms with Gasteiger partial charge in [0, 0.05) is 50.4 Å². The van der Waals surface area contributed by atoms with Gasteiger partial charge in [0.15, 0.2) is 0 Å². The summed E-state index contributed by atoms with van der Waals surface area (Å²) in [6.45, 7) is 3.24. The second kappa shape index (κ2) is 10.3. The van der Waals surface area contributed by atoms with Crippen molar-refractivity contribution in [1.82, 2.24) is 24.8 Å². The highest BCUT2D eigenvalue weighted by Crippen LogP contribution is 2.37. The molecule has 0 unspecified atom stereocenters. The molecule has 0 aliphatic carbocycles. The van der Waals surface area contributed by atoms with E-state index in [1.807, 2.05) is 4.90 Å². The monoisotopic (exact) mass is 518 g/mol. The van der Waals surface area contributed by atoms with Crippen LogP contribution in [-0.4, -0.2) is 61.4 Å². The number of anilines is 1. The molecule has 1 amide bonds. The normalized spacial score (nSPS) is 17.6. The number of rotatable bonds is 2. The van der Waals surface area contributed by atoms with Gasteiger partial charge in [0.1, 0.15) is 11.0 Å². The highest BCUT2D eigenvalue weighted by atomic mass is 35.5. The minimum Gasteiger partial charge on any atom is -0.366 e. The van der Waals surface area contributed by atoms with Crippen molar-refractivity contribution in [3.8, 4) is 0 Å². The van der Waals surface area contributed by atoms with E-state index in [4.69, 9.17) is 34.8 Å². The van der Waals surface area contributed by atoms with Crippen molar-refractivity contribution < 1.29 is 4.79 Å². The summed E-state index contributed by atoms with van der Waals surface area (Å²) in [4.78, 5) is 31.9. The lowest BCUT2D eigenvalue weighted by atomic mass is 10.1. The van der Waals surface area contributed by atoms with Gasteiger partial charge in [-0.2, -0.15) is 4.98 Å². The van der Waals surface area contributed by atoms with Crippen molar-refractivity contribution in [3.63, 3.8) is 0 Å². The van der Waals surface area contributed by atoms with Gasteiger partial charge >= 0.3 is 0 Å². The molecule has 1 fully saturated rings. The number of carbonyl (C=O) groups is 1. The van der Waals surface area contributed by atoms with Crippen LogP contribution in [0.3, 0.4) is 0 Å². The number of nitrogens with one attached hydrogen (secondary N) is 1. The van der Waals surface area contributed by atoms with Crippen LogP contribution < -0.4 is 5.32 Å². The molecule has 2 aromatic rings. The largest absolute Gasteiger partial charge is 0.366 e. The summed E-state index contributed by atoms with van der Waals surface area (Å²) in [6.07, 6.45) is 3.79.